The molecule has 0 saturated carbocycles. The molecule has 0 spiro atoms. The molecule has 1 saturated heterocycles. The highest BCUT2D eigenvalue weighted by Gasteiger charge is 2.22. The standard InChI is InChI=1S/C14H17N3O3S/c15-12-5-6-13(14-11(12)4-1-7-16-14)21(18,19)17-9-10-3-2-8-20-10/h1,4-7,10,17H,2-3,8-9,15H2. The Morgan fingerprint density at radius 3 is 3.00 bits per heavy atom. The molecule has 1 aromatic carbocycles. The first-order chi connectivity index (χ1) is 10.1. The summed E-state index contributed by atoms with van der Waals surface area (Å²) in [4.78, 5) is 4.30. The number of ether oxygens (including phenoxy) is 1. The van der Waals surface area contributed by atoms with Crippen molar-refractivity contribution in [2.24, 2.45) is 0 Å². The van der Waals surface area contributed by atoms with Gasteiger partial charge in [-0.2, -0.15) is 0 Å². The quantitative estimate of drug-likeness (QED) is 0.830. The highest BCUT2D eigenvalue weighted by Crippen LogP contribution is 2.25. The van der Waals surface area contributed by atoms with Crippen LogP contribution in [0.15, 0.2) is 35.4 Å². The Morgan fingerprint density at radius 2 is 2.24 bits per heavy atom. The van der Waals surface area contributed by atoms with E-state index in [2.05, 4.69) is 9.71 Å². The van der Waals surface area contributed by atoms with Gasteiger partial charge >= 0.3 is 0 Å². The Kier molecular flexibility index (Phi) is 3.79. The van der Waals surface area contributed by atoms with Crippen LogP contribution in [-0.4, -0.2) is 32.7 Å². The van der Waals surface area contributed by atoms with Gasteiger partial charge in [0.15, 0.2) is 0 Å². The average molecular weight is 307 g/mol. The number of nitrogens with two attached hydrogens (primary N) is 1. The van der Waals surface area contributed by atoms with Crippen LogP contribution < -0.4 is 10.5 Å². The second-order valence-corrected chi connectivity index (χ2v) is 6.77. The second-order valence-electron chi connectivity index (χ2n) is 5.04. The van der Waals surface area contributed by atoms with Gasteiger partial charge in [0.25, 0.3) is 0 Å². The molecule has 7 heteroatoms. The van der Waals surface area contributed by atoms with Crippen molar-refractivity contribution in [1.29, 1.82) is 0 Å². The highest BCUT2D eigenvalue weighted by atomic mass is 32.2. The molecule has 0 amide bonds. The molecule has 2 aromatic rings. The Morgan fingerprint density at radius 1 is 1.38 bits per heavy atom. The van der Waals surface area contributed by atoms with Crippen molar-refractivity contribution in [3.8, 4) is 0 Å². The summed E-state index contributed by atoms with van der Waals surface area (Å²) < 4.78 is 33.0. The predicted molar refractivity (Wildman–Crippen MR) is 80.3 cm³/mol. The maximum Gasteiger partial charge on any atom is 0.242 e. The fraction of sp³-hybridized carbons (Fsp3) is 0.357. The van der Waals surface area contributed by atoms with Crippen molar-refractivity contribution in [2.45, 2.75) is 23.8 Å². The van der Waals surface area contributed by atoms with Crippen molar-refractivity contribution in [2.75, 3.05) is 18.9 Å². The van der Waals surface area contributed by atoms with Crippen LogP contribution in [0.2, 0.25) is 0 Å². The molecule has 112 valence electrons. The van der Waals surface area contributed by atoms with Crippen LogP contribution in [0.3, 0.4) is 0 Å². The first kappa shape index (κ1) is 14.2. The van der Waals surface area contributed by atoms with E-state index < -0.39 is 10.0 Å². The minimum absolute atomic E-state index is 0.0484. The van der Waals surface area contributed by atoms with Gasteiger partial charge in [-0.15, -0.1) is 0 Å². The molecule has 1 aromatic heterocycles. The lowest BCUT2D eigenvalue weighted by atomic mass is 10.2. The molecule has 3 rings (SSSR count). The highest BCUT2D eigenvalue weighted by molar-refractivity contribution is 7.89. The normalized spacial score (nSPS) is 19.1. The van der Waals surface area contributed by atoms with Crippen molar-refractivity contribution >= 4 is 26.6 Å². The molecule has 1 unspecified atom stereocenters. The summed E-state index contributed by atoms with van der Waals surface area (Å²) in [5.74, 6) is 0. The van der Waals surface area contributed by atoms with Gasteiger partial charge in [-0.05, 0) is 37.1 Å². The van der Waals surface area contributed by atoms with Crippen molar-refractivity contribution < 1.29 is 13.2 Å². The minimum Gasteiger partial charge on any atom is -0.398 e. The monoisotopic (exact) mass is 307 g/mol. The van der Waals surface area contributed by atoms with Crippen LogP contribution in [0.4, 0.5) is 5.69 Å². The van der Waals surface area contributed by atoms with Crippen LogP contribution in [0.5, 0.6) is 0 Å². The fourth-order valence-electron chi connectivity index (χ4n) is 2.47. The molecular weight excluding hydrogens is 290 g/mol. The zero-order valence-corrected chi connectivity index (χ0v) is 12.3. The lowest BCUT2D eigenvalue weighted by Gasteiger charge is -2.13. The van der Waals surface area contributed by atoms with E-state index in [9.17, 15) is 8.42 Å². The van der Waals surface area contributed by atoms with Gasteiger partial charge in [0, 0.05) is 30.4 Å². The summed E-state index contributed by atoms with van der Waals surface area (Å²) in [5, 5.41) is 0.637. The molecular formula is C14H17N3O3S. The summed E-state index contributed by atoms with van der Waals surface area (Å²) in [6.45, 7) is 0.972. The van der Waals surface area contributed by atoms with Crippen molar-refractivity contribution in [3.05, 3.63) is 30.5 Å². The van der Waals surface area contributed by atoms with Gasteiger partial charge in [0.05, 0.1) is 11.6 Å². The third-order valence-electron chi connectivity index (χ3n) is 3.58. The molecule has 3 N–H and O–H groups in total. The molecule has 1 atom stereocenters. The number of sulfonamides is 1. The number of benzene rings is 1. The third-order valence-corrected chi connectivity index (χ3v) is 5.04. The van der Waals surface area contributed by atoms with E-state index in [1.54, 1.807) is 24.4 Å². The zero-order valence-electron chi connectivity index (χ0n) is 11.5. The summed E-state index contributed by atoms with van der Waals surface area (Å²) in [7, 11) is -3.64. The predicted octanol–water partition coefficient (Wildman–Crippen LogP) is 1.27. The van der Waals surface area contributed by atoms with E-state index >= 15 is 0 Å². The lowest BCUT2D eigenvalue weighted by molar-refractivity contribution is 0.114. The molecule has 1 aliphatic rings. The van der Waals surface area contributed by atoms with Gasteiger partial charge < -0.3 is 10.5 Å². The molecule has 0 radical (unpaired) electrons. The van der Waals surface area contributed by atoms with Crippen molar-refractivity contribution in [1.82, 2.24) is 9.71 Å². The Bertz CT molecular complexity index is 755. The topological polar surface area (TPSA) is 94.3 Å². The summed E-state index contributed by atoms with van der Waals surface area (Å²) in [5.41, 5.74) is 6.76. The number of hydrogen-bond acceptors (Lipinski definition) is 5. The van der Waals surface area contributed by atoms with E-state index in [1.807, 2.05) is 0 Å². The van der Waals surface area contributed by atoms with E-state index in [4.69, 9.17) is 10.5 Å². The van der Waals surface area contributed by atoms with Crippen LogP contribution in [0, 0.1) is 0 Å². The van der Waals surface area contributed by atoms with E-state index in [0.29, 0.717) is 23.2 Å². The lowest BCUT2D eigenvalue weighted by Crippen LogP contribution is -2.32. The number of anilines is 1. The van der Waals surface area contributed by atoms with Gasteiger partial charge in [0.2, 0.25) is 10.0 Å². The third kappa shape index (κ3) is 2.85. The number of hydrogen-bond donors (Lipinski definition) is 2. The molecule has 1 aliphatic heterocycles. The van der Waals surface area contributed by atoms with Gasteiger partial charge in [-0.1, -0.05) is 0 Å². The second kappa shape index (κ2) is 5.59. The van der Waals surface area contributed by atoms with Crippen LogP contribution in [0.25, 0.3) is 10.9 Å². The molecule has 0 aliphatic carbocycles. The van der Waals surface area contributed by atoms with Gasteiger partial charge in [-0.25, -0.2) is 13.1 Å². The molecule has 6 nitrogen and oxygen atoms in total. The first-order valence-corrected chi connectivity index (χ1v) is 8.31. The fourth-order valence-corrected chi connectivity index (χ4v) is 3.70. The molecule has 1 fully saturated rings. The van der Waals surface area contributed by atoms with E-state index in [-0.39, 0.29) is 17.5 Å². The number of nitrogen functional groups attached to an aromatic ring is 1. The average Bonchev–Trinajstić information content (AvgIpc) is 2.99. The van der Waals surface area contributed by atoms with Crippen LogP contribution in [0.1, 0.15) is 12.8 Å². The van der Waals surface area contributed by atoms with Gasteiger partial charge in [0.1, 0.15) is 4.90 Å². The number of nitrogens with zero attached hydrogens (tertiary/aromatic N) is 1. The molecule has 0 bridgehead atoms. The largest absolute Gasteiger partial charge is 0.398 e. The SMILES string of the molecule is Nc1ccc(S(=O)(=O)NCC2CCCO2)c2ncccc12. The maximum atomic E-state index is 12.5. The van der Waals surface area contributed by atoms with Crippen LogP contribution in [-0.2, 0) is 14.8 Å². The Balaban J connectivity index is 1.93. The number of nitrogens with one attached hydrogen (secondary N) is 1. The number of pyridine rings is 1. The number of rotatable bonds is 4. The van der Waals surface area contributed by atoms with E-state index in [1.165, 1.54) is 6.07 Å². The Hall–Kier alpha value is -1.70. The number of fused-ring (bicyclic) bond motifs is 1. The summed E-state index contributed by atoms with van der Waals surface area (Å²) in [6.07, 6.45) is 3.36. The minimum atomic E-state index is -3.64. The summed E-state index contributed by atoms with van der Waals surface area (Å²) in [6, 6.07) is 6.57. The zero-order chi connectivity index (χ0) is 14.9. The number of aromatic nitrogens is 1. The molecule has 2 heterocycles. The smallest absolute Gasteiger partial charge is 0.242 e. The maximum absolute atomic E-state index is 12.5. The van der Waals surface area contributed by atoms with Gasteiger partial charge in [-0.3, -0.25) is 4.98 Å². The first-order valence-electron chi connectivity index (χ1n) is 6.82. The Labute approximate surface area is 123 Å². The summed E-state index contributed by atoms with van der Waals surface area (Å²) >= 11 is 0. The van der Waals surface area contributed by atoms with E-state index in [0.717, 1.165) is 12.8 Å². The van der Waals surface area contributed by atoms with Crippen LogP contribution >= 0.6 is 0 Å². The molecule has 21 heavy (non-hydrogen) atoms. The van der Waals surface area contributed by atoms with Crippen molar-refractivity contribution in [3.63, 3.8) is 0 Å².